The van der Waals surface area contributed by atoms with Crippen molar-refractivity contribution in [3.63, 3.8) is 0 Å². The number of urea groups is 1. The molecule has 0 spiro atoms. The van der Waals surface area contributed by atoms with Crippen LogP contribution < -0.4 is 5.32 Å². The molecule has 2 N–H and O–H groups in total. The van der Waals surface area contributed by atoms with Crippen molar-refractivity contribution in [3.8, 4) is 0 Å². The zero-order valence-electron chi connectivity index (χ0n) is 11.3. The van der Waals surface area contributed by atoms with Crippen molar-refractivity contribution >= 4 is 12.0 Å². The zero-order valence-corrected chi connectivity index (χ0v) is 11.3. The Labute approximate surface area is 109 Å². The van der Waals surface area contributed by atoms with Crippen LogP contribution >= 0.6 is 0 Å². The molecule has 18 heavy (non-hydrogen) atoms. The summed E-state index contributed by atoms with van der Waals surface area (Å²) in [6, 6.07) is -0.649. The first-order valence-corrected chi connectivity index (χ1v) is 6.90. The van der Waals surface area contributed by atoms with Crippen molar-refractivity contribution in [1.82, 2.24) is 10.2 Å². The van der Waals surface area contributed by atoms with Gasteiger partial charge in [0, 0.05) is 12.6 Å². The molecular formula is C13H24N2O3. The summed E-state index contributed by atoms with van der Waals surface area (Å²) in [4.78, 5) is 24.9. The van der Waals surface area contributed by atoms with Crippen molar-refractivity contribution in [2.24, 2.45) is 0 Å². The van der Waals surface area contributed by atoms with E-state index in [0.717, 1.165) is 32.1 Å². The lowest BCUT2D eigenvalue weighted by atomic mass is 10.1. The Balaban J connectivity index is 2.49. The minimum Gasteiger partial charge on any atom is -0.480 e. The summed E-state index contributed by atoms with van der Waals surface area (Å²) in [5, 5.41) is 11.7. The fraction of sp³-hybridized carbons (Fsp3) is 0.846. The average Bonchev–Trinajstić information content (AvgIpc) is 3.14. The normalized spacial score (nSPS) is 16.1. The smallest absolute Gasteiger partial charge is 0.326 e. The van der Waals surface area contributed by atoms with E-state index in [9.17, 15) is 9.59 Å². The molecule has 1 aliphatic rings. The van der Waals surface area contributed by atoms with E-state index in [4.69, 9.17) is 5.11 Å². The van der Waals surface area contributed by atoms with Crippen LogP contribution in [-0.2, 0) is 4.79 Å². The van der Waals surface area contributed by atoms with Crippen LogP contribution in [0, 0.1) is 0 Å². The first kappa shape index (κ1) is 14.8. The molecule has 1 fully saturated rings. The second kappa shape index (κ2) is 7.24. The third-order valence-corrected chi connectivity index (χ3v) is 3.16. The fourth-order valence-electron chi connectivity index (χ4n) is 1.97. The van der Waals surface area contributed by atoms with Gasteiger partial charge in [-0.2, -0.15) is 0 Å². The van der Waals surface area contributed by atoms with E-state index in [1.807, 2.05) is 13.8 Å². The highest BCUT2D eigenvalue weighted by atomic mass is 16.4. The van der Waals surface area contributed by atoms with Crippen LogP contribution in [0.4, 0.5) is 4.79 Å². The second-order valence-corrected chi connectivity index (χ2v) is 4.91. The van der Waals surface area contributed by atoms with E-state index in [1.54, 1.807) is 4.90 Å². The van der Waals surface area contributed by atoms with E-state index >= 15 is 0 Å². The summed E-state index contributed by atoms with van der Waals surface area (Å²) in [5.74, 6) is -0.941. The van der Waals surface area contributed by atoms with Gasteiger partial charge in [0.25, 0.3) is 0 Å². The van der Waals surface area contributed by atoms with E-state index in [2.05, 4.69) is 5.32 Å². The predicted molar refractivity (Wildman–Crippen MR) is 69.5 cm³/mol. The number of carboxylic acids is 1. The highest BCUT2D eigenvalue weighted by molar-refractivity contribution is 5.82. The SMILES string of the molecule is CCCCC(NC(=O)N(CCC)C1CC1)C(=O)O. The summed E-state index contributed by atoms with van der Waals surface area (Å²) in [6.07, 6.45) is 5.23. The van der Waals surface area contributed by atoms with Crippen LogP contribution in [0.3, 0.4) is 0 Å². The van der Waals surface area contributed by atoms with Gasteiger partial charge in [0.1, 0.15) is 6.04 Å². The molecule has 1 aliphatic carbocycles. The molecule has 0 saturated heterocycles. The van der Waals surface area contributed by atoms with E-state index < -0.39 is 12.0 Å². The lowest BCUT2D eigenvalue weighted by Gasteiger charge is -2.24. The molecular weight excluding hydrogens is 232 g/mol. The van der Waals surface area contributed by atoms with Gasteiger partial charge in [-0.05, 0) is 25.7 Å². The lowest BCUT2D eigenvalue weighted by molar-refractivity contribution is -0.139. The Kier molecular flexibility index (Phi) is 5.95. The van der Waals surface area contributed by atoms with Gasteiger partial charge in [0.15, 0.2) is 0 Å². The van der Waals surface area contributed by atoms with Crippen LogP contribution in [-0.4, -0.2) is 40.6 Å². The van der Waals surface area contributed by atoms with Crippen LogP contribution in [0.2, 0.25) is 0 Å². The lowest BCUT2D eigenvalue weighted by Crippen LogP contribution is -2.49. The maximum Gasteiger partial charge on any atom is 0.326 e. The first-order valence-electron chi connectivity index (χ1n) is 6.90. The minimum atomic E-state index is -0.941. The van der Waals surface area contributed by atoms with Gasteiger partial charge >= 0.3 is 12.0 Å². The topological polar surface area (TPSA) is 69.6 Å². The van der Waals surface area contributed by atoms with Crippen molar-refractivity contribution in [2.45, 2.75) is 64.5 Å². The highest BCUT2D eigenvalue weighted by Crippen LogP contribution is 2.27. The van der Waals surface area contributed by atoms with Gasteiger partial charge in [-0.1, -0.05) is 26.7 Å². The molecule has 0 bridgehead atoms. The van der Waals surface area contributed by atoms with Crippen molar-refractivity contribution in [3.05, 3.63) is 0 Å². The minimum absolute atomic E-state index is 0.220. The van der Waals surface area contributed by atoms with Gasteiger partial charge in [-0.25, -0.2) is 9.59 Å². The molecule has 0 aromatic rings. The van der Waals surface area contributed by atoms with E-state index in [0.29, 0.717) is 19.0 Å². The van der Waals surface area contributed by atoms with E-state index in [-0.39, 0.29) is 6.03 Å². The number of amides is 2. The first-order chi connectivity index (χ1) is 8.60. The maximum atomic E-state index is 12.0. The predicted octanol–water partition coefficient (Wildman–Crippen LogP) is 2.21. The van der Waals surface area contributed by atoms with Crippen LogP contribution in [0.25, 0.3) is 0 Å². The van der Waals surface area contributed by atoms with Crippen LogP contribution in [0.15, 0.2) is 0 Å². The summed E-state index contributed by atoms with van der Waals surface area (Å²) in [7, 11) is 0. The van der Waals surface area contributed by atoms with Crippen molar-refractivity contribution in [1.29, 1.82) is 0 Å². The molecule has 5 nitrogen and oxygen atoms in total. The molecule has 1 atom stereocenters. The number of nitrogens with zero attached hydrogens (tertiary/aromatic N) is 1. The summed E-state index contributed by atoms with van der Waals surface area (Å²) >= 11 is 0. The van der Waals surface area contributed by atoms with E-state index in [1.165, 1.54) is 0 Å². The molecule has 5 heteroatoms. The molecule has 1 unspecified atom stereocenters. The van der Waals surface area contributed by atoms with Crippen molar-refractivity contribution < 1.29 is 14.7 Å². The molecule has 2 amide bonds. The summed E-state index contributed by atoms with van der Waals surface area (Å²) in [5.41, 5.74) is 0. The van der Waals surface area contributed by atoms with Gasteiger partial charge < -0.3 is 15.3 Å². The Morgan fingerprint density at radius 1 is 1.33 bits per heavy atom. The van der Waals surface area contributed by atoms with Crippen LogP contribution in [0.1, 0.15) is 52.4 Å². The number of carboxylic acid groups (broad SMARTS) is 1. The molecule has 0 aliphatic heterocycles. The van der Waals surface area contributed by atoms with Gasteiger partial charge in [0.2, 0.25) is 0 Å². The molecule has 0 heterocycles. The summed E-state index contributed by atoms with van der Waals surface area (Å²) < 4.78 is 0. The van der Waals surface area contributed by atoms with Crippen molar-refractivity contribution in [2.75, 3.05) is 6.54 Å². The largest absolute Gasteiger partial charge is 0.480 e. The van der Waals surface area contributed by atoms with Crippen LogP contribution in [0.5, 0.6) is 0 Å². The summed E-state index contributed by atoms with van der Waals surface area (Å²) in [6.45, 7) is 4.74. The Bertz CT molecular complexity index is 290. The quantitative estimate of drug-likeness (QED) is 0.699. The van der Waals surface area contributed by atoms with Gasteiger partial charge in [-0.15, -0.1) is 0 Å². The molecule has 1 rings (SSSR count). The molecule has 0 aromatic carbocycles. The maximum absolute atomic E-state index is 12.0. The molecule has 0 aromatic heterocycles. The number of rotatable bonds is 8. The number of hydrogen-bond acceptors (Lipinski definition) is 2. The number of unbranched alkanes of at least 4 members (excludes halogenated alkanes) is 1. The Hall–Kier alpha value is -1.26. The molecule has 104 valence electrons. The fourth-order valence-corrected chi connectivity index (χ4v) is 1.97. The Morgan fingerprint density at radius 3 is 2.44 bits per heavy atom. The number of hydrogen-bond donors (Lipinski definition) is 2. The zero-order chi connectivity index (χ0) is 13.5. The molecule has 1 saturated carbocycles. The third-order valence-electron chi connectivity index (χ3n) is 3.16. The Morgan fingerprint density at radius 2 is 2.00 bits per heavy atom. The number of carbonyl (C=O) groups excluding carboxylic acids is 1. The monoisotopic (exact) mass is 256 g/mol. The number of aliphatic carboxylic acids is 1. The van der Waals surface area contributed by atoms with Gasteiger partial charge in [0.05, 0.1) is 0 Å². The average molecular weight is 256 g/mol. The highest BCUT2D eigenvalue weighted by Gasteiger charge is 2.33. The second-order valence-electron chi connectivity index (χ2n) is 4.91. The number of nitrogens with one attached hydrogen (secondary N) is 1. The third kappa shape index (κ3) is 4.55. The number of carbonyl (C=O) groups is 2. The molecule has 0 radical (unpaired) electrons. The standard InChI is InChI=1S/C13H24N2O3/c1-3-5-6-11(12(16)17)14-13(18)15(9-4-2)10-7-8-10/h10-11H,3-9H2,1-2H3,(H,14,18)(H,16,17). The van der Waals surface area contributed by atoms with Gasteiger partial charge in [-0.3, -0.25) is 0 Å².